The van der Waals surface area contributed by atoms with Gasteiger partial charge in [0.15, 0.2) is 0 Å². The number of alkyl halides is 2. The molecule has 0 amide bonds. The minimum absolute atomic E-state index is 0.0595. The number of hydrogen-bond donors (Lipinski definition) is 0. The Morgan fingerprint density at radius 1 is 1.25 bits per heavy atom. The summed E-state index contributed by atoms with van der Waals surface area (Å²) in [5, 5.41) is 4.00. The van der Waals surface area contributed by atoms with Crippen LogP contribution in [0.15, 0.2) is 6.07 Å². The topological polar surface area (TPSA) is 34.9 Å². The second-order valence-corrected chi connectivity index (χ2v) is 6.69. The van der Waals surface area contributed by atoms with Crippen LogP contribution in [0.25, 0.3) is 0 Å². The molecular weight excluding hydrogens is 262 g/mol. The van der Waals surface area contributed by atoms with Gasteiger partial charge in [-0.15, -0.1) is 0 Å². The molecule has 20 heavy (non-hydrogen) atoms. The van der Waals surface area contributed by atoms with Crippen LogP contribution >= 0.6 is 0 Å². The molecule has 4 rings (SSSR count). The van der Waals surface area contributed by atoms with Crippen molar-refractivity contribution in [3.05, 3.63) is 17.5 Å². The average Bonchev–Trinajstić information content (AvgIpc) is 2.84. The summed E-state index contributed by atoms with van der Waals surface area (Å²) in [7, 11) is 1.75. The van der Waals surface area contributed by atoms with Crippen LogP contribution in [0.3, 0.4) is 0 Å². The number of carbonyl (C=O) groups is 1. The summed E-state index contributed by atoms with van der Waals surface area (Å²) >= 11 is 0. The van der Waals surface area contributed by atoms with Gasteiger partial charge in [0.05, 0.1) is 0 Å². The van der Waals surface area contributed by atoms with Gasteiger partial charge in [-0.05, 0) is 44.6 Å². The number of aromatic nitrogens is 2. The predicted octanol–water partition coefficient (Wildman–Crippen LogP) is 3.32. The maximum absolute atomic E-state index is 13.4. The predicted molar refractivity (Wildman–Crippen MR) is 70.7 cm³/mol. The number of nitrogens with zero attached hydrogens (tertiary/aromatic N) is 2. The van der Waals surface area contributed by atoms with Crippen LogP contribution < -0.4 is 0 Å². The molecule has 0 unspecified atom stereocenters. The summed E-state index contributed by atoms with van der Waals surface area (Å²) in [4.78, 5) is 11.3. The fourth-order valence-corrected chi connectivity index (χ4v) is 3.95. The van der Waals surface area contributed by atoms with Crippen LogP contribution in [0, 0.1) is 5.41 Å². The van der Waals surface area contributed by atoms with Gasteiger partial charge in [-0.3, -0.25) is 4.68 Å². The monoisotopic (exact) mass is 282 g/mol. The summed E-state index contributed by atoms with van der Waals surface area (Å²) in [6.07, 6.45) is 6.45. The summed E-state index contributed by atoms with van der Waals surface area (Å²) in [5.41, 5.74) is 0.559. The second kappa shape index (κ2) is 4.12. The van der Waals surface area contributed by atoms with Gasteiger partial charge in [-0.25, -0.2) is 0 Å². The third-order valence-corrected chi connectivity index (χ3v) is 5.43. The van der Waals surface area contributed by atoms with Gasteiger partial charge >= 0.3 is 0 Å². The minimum atomic E-state index is -2.90. The first-order valence-corrected chi connectivity index (χ1v) is 7.20. The van der Waals surface area contributed by atoms with Crippen molar-refractivity contribution < 1.29 is 13.6 Å². The molecule has 3 saturated carbocycles. The van der Waals surface area contributed by atoms with Crippen molar-refractivity contribution >= 4 is 6.29 Å². The highest BCUT2D eigenvalue weighted by molar-refractivity contribution is 5.60. The molecule has 3 aliphatic carbocycles. The summed E-state index contributed by atoms with van der Waals surface area (Å²) in [6.45, 7) is 0.885. The van der Waals surface area contributed by atoms with E-state index < -0.39 is 5.92 Å². The highest BCUT2D eigenvalue weighted by Gasteiger charge is 2.51. The van der Waals surface area contributed by atoms with E-state index in [-0.39, 0.29) is 16.5 Å². The van der Waals surface area contributed by atoms with Gasteiger partial charge in [-0.2, -0.15) is 13.9 Å². The molecule has 0 radical (unpaired) electrons. The van der Waals surface area contributed by atoms with Crippen LogP contribution in [0.4, 0.5) is 8.78 Å². The number of rotatable bonds is 3. The number of aldehydes is 1. The van der Waals surface area contributed by atoms with Gasteiger partial charge in [0.25, 0.3) is 5.92 Å². The quantitative estimate of drug-likeness (QED) is 0.797. The molecule has 0 saturated heterocycles. The number of fused-ring (bicyclic) bond motifs is 3. The zero-order valence-corrected chi connectivity index (χ0v) is 12.0. The first-order chi connectivity index (χ1) is 9.30. The van der Waals surface area contributed by atoms with Crippen molar-refractivity contribution in [2.45, 2.75) is 56.8 Å². The van der Waals surface area contributed by atoms with E-state index in [1.165, 1.54) is 0 Å². The molecule has 2 bridgehead atoms. The molecule has 1 heterocycles. The van der Waals surface area contributed by atoms with E-state index in [1.807, 2.05) is 0 Å². The highest BCUT2D eigenvalue weighted by Crippen LogP contribution is 2.57. The normalized spacial score (nSPS) is 33.4. The standard InChI is InChI=1S/C15H20F2N2O/c1-13(16,17)11-9-12(19(2)18-11)15-6-3-14(10-20,4-7-15)5-8-15/h9-10H,3-8H2,1-2H3. The number of halogens is 2. The Hall–Kier alpha value is -1.26. The molecule has 3 nitrogen and oxygen atoms in total. The van der Waals surface area contributed by atoms with Crippen LogP contribution in [0.5, 0.6) is 0 Å². The van der Waals surface area contributed by atoms with E-state index in [4.69, 9.17) is 0 Å². The molecule has 3 fully saturated rings. The Morgan fingerprint density at radius 2 is 1.80 bits per heavy atom. The lowest BCUT2D eigenvalue weighted by Crippen LogP contribution is -2.45. The molecule has 5 heteroatoms. The SMILES string of the molecule is Cn1nc(C(C)(F)F)cc1C12CCC(C=O)(CC1)CC2. The third-order valence-electron chi connectivity index (χ3n) is 5.43. The lowest BCUT2D eigenvalue weighted by Gasteiger charge is -2.51. The molecule has 0 N–H and O–H groups in total. The van der Waals surface area contributed by atoms with Gasteiger partial charge < -0.3 is 4.79 Å². The summed E-state index contributed by atoms with van der Waals surface area (Å²) < 4.78 is 28.5. The van der Waals surface area contributed by atoms with E-state index in [2.05, 4.69) is 5.10 Å². The van der Waals surface area contributed by atoms with Crippen molar-refractivity contribution in [1.82, 2.24) is 9.78 Å². The van der Waals surface area contributed by atoms with Crippen LogP contribution in [0.2, 0.25) is 0 Å². The molecule has 110 valence electrons. The van der Waals surface area contributed by atoms with Gasteiger partial charge in [0.1, 0.15) is 12.0 Å². The Kier molecular flexibility index (Phi) is 2.82. The highest BCUT2D eigenvalue weighted by atomic mass is 19.3. The lowest BCUT2D eigenvalue weighted by molar-refractivity contribution is -0.122. The molecule has 3 aliphatic rings. The number of aryl methyl sites for hydroxylation is 1. The zero-order valence-electron chi connectivity index (χ0n) is 12.0. The molecule has 0 aliphatic heterocycles. The van der Waals surface area contributed by atoms with Crippen molar-refractivity contribution in [2.75, 3.05) is 0 Å². The Bertz CT molecular complexity index is 520. The number of carbonyl (C=O) groups excluding carboxylic acids is 1. The zero-order chi connectivity index (χ0) is 14.6. The molecule has 0 atom stereocenters. The van der Waals surface area contributed by atoms with Crippen LogP contribution in [-0.4, -0.2) is 16.1 Å². The average molecular weight is 282 g/mol. The fraction of sp³-hybridized carbons (Fsp3) is 0.733. The largest absolute Gasteiger partial charge is 0.303 e. The maximum Gasteiger partial charge on any atom is 0.288 e. The Balaban J connectivity index is 1.95. The minimum Gasteiger partial charge on any atom is -0.303 e. The van der Waals surface area contributed by atoms with Crippen molar-refractivity contribution in [2.24, 2.45) is 12.5 Å². The first kappa shape index (κ1) is 13.7. The molecule has 1 aromatic rings. The molecular formula is C15H20F2N2O. The van der Waals surface area contributed by atoms with E-state index in [0.29, 0.717) is 0 Å². The molecule has 0 spiro atoms. The maximum atomic E-state index is 13.4. The smallest absolute Gasteiger partial charge is 0.288 e. The first-order valence-electron chi connectivity index (χ1n) is 7.20. The van der Waals surface area contributed by atoms with Crippen LogP contribution in [-0.2, 0) is 23.2 Å². The Labute approximate surface area is 117 Å². The van der Waals surface area contributed by atoms with E-state index in [9.17, 15) is 13.6 Å². The second-order valence-electron chi connectivity index (χ2n) is 6.69. The van der Waals surface area contributed by atoms with Gasteiger partial charge in [0.2, 0.25) is 0 Å². The lowest BCUT2D eigenvalue weighted by atomic mass is 9.53. The molecule has 1 aromatic heterocycles. The third kappa shape index (κ3) is 1.90. The van der Waals surface area contributed by atoms with Crippen molar-refractivity contribution in [3.8, 4) is 0 Å². The summed E-state index contributed by atoms with van der Waals surface area (Å²) in [5.74, 6) is -2.90. The Morgan fingerprint density at radius 3 is 2.20 bits per heavy atom. The van der Waals surface area contributed by atoms with Crippen molar-refractivity contribution in [1.29, 1.82) is 0 Å². The van der Waals surface area contributed by atoms with E-state index >= 15 is 0 Å². The number of hydrogen-bond acceptors (Lipinski definition) is 2. The van der Waals surface area contributed by atoms with E-state index in [1.54, 1.807) is 17.8 Å². The van der Waals surface area contributed by atoms with E-state index in [0.717, 1.165) is 57.4 Å². The molecule has 0 aromatic carbocycles. The van der Waals surface area contributed by atoms with Crippen LogP contribution in [0.1, 0.15) is 56.8 Å². The van der Waals surface area contributed by atoms with Crippen molar-refractivity contribution in [3.63, 3.8) is 0 Å². The summed E-state index contributed by atoms with van der Waals surface area (Å²) in [6, 6.07) is 1.57. The fourth-order valence-electron chi connectivity index (χ4n) is 3.95. The van der Waals surface area contributed by atoms with Gasteiger partial charge in [0, 0.05) is 30.5 Å². The van der Waals surface area contributed by atoms with Gasteiger partial charge in [-0.1, -0.05) is 0 Å².